The van der Waals surface area contributed by atoms with Gasteiger partial charge < -0.3 is 5.11 Å². The average Bonchev–Trinajstić information content (AvgIpc) is 2.59. The van der Waals surface area contributed by atoms with Gasteiger partial charge in [-0.2, -0.15) is 0 Å². The summed E-state index contributed by atoms with van der Waals surface area (Å²) in [7, 11) is 0. The molecule has 84 valence electrons. The Labute approximate surface area is 96.9 Å². The summed E-state index contributed by atoms with van der Waals surface area (Å²) >= 11 is 1.62. The van der Waals surface area contributed by atoms with E-state index in [1.807, 2.05) is 30.3 Å². The molecule has 5 heteroatoms. The van der Waals surface area contributed by atoms with E-state index in [9.17, 15) is 4.79 Å². The predicted molar refractivity (Wildman–Crippen MR) is 64.5 cm³/mol. The van der Waals surface area contributed by atoms with E-state index in [-0.39, 0.29) is 11.6 Å². The third-order valence-electron chi connectivity index (χ3n) is 2.12. The van der Waals surface area contributed by atoms with E-state index in [2.05, 4.69) is 4.98 Å². The van der Waals surface area contributed by atoms with Crippen LogP contribution >= 0.6 is 11.8 Å². The van der Waals surface area contributed by atoms with Gasteiger partial charge in [-0.25, -0.2) is 4.79 Å². The van der Waals surface area contributed by atoms with Crippen LogP contribution in [0.15, 0.2) is 41.3 Å². The molecule has 2 N–H and O–H groups in total. The number of H-pyrrole nitrogens is 1. The third-order valence-corrected chi connectivity index (χ3v) is 3.11. The Bertz CT molecular complexity index is 504. The molecule has 1 aromatic carbocycles. The standard InChI is InChI=1S/C11H12N2O2S/c14-10-6-13(11(15)12-10)8-16-7-9-4-2-1-3-5-9/h1-6,14H,7-8H2,(H,12,15). The number of aromatic hydroxyl groups is 1. The van der Waals surface area contributed by atoms with E-state index in [0.717, 1.165) is 5.75 Å². The number of benzene rings is 1. The van der Waals surface area contributed by atoms with Crippen LogP contribution in [0, 0.1) is 0 Å². The highest BCUT2D eigenvalue weighted by Crippen LogP contribution is 2.13. The predicted octanol–water partition coefficient (Wildman–Crippen LogP) is 1.77. The smallest absolute Gasteiger partial charge is 0.329 e. The summed E-state index contributed by atoms with van der Waals surface area (Å²) in [4.78, 5) is 13.5. The van der Waals surface area contributed by atoms with Gasteiger partial charge in [0.25, 0.3) is 0 Å². The van der Waals surface area contributed by atoms with Gasteiger partial charge in [-0.1, -0.05) is 30.3 Å². The fraction of sp³-hybridized carbons (Fsp3) is 0.182. The van der Waals surface area contributed by atoms with Crippen LogP contribution < -0.4 is 5.69 Å². The Morgan fingerprint density at radius 1 is 1.31 bits per heavy atom. The first kappa shape index (κ1) is 10.9. The van der Waals surface area contributed by atoms with E-state index in [1.165, 1.54) is 16.3 Å². The molecule has 2 rings (SSSR count). The Morgan fingerprint density at radius 2 is 2.06 bits per heavy atom. The minimum Gasteiger partial charge on any atom is -0.493 e. The number of aromatic nitrogens is 2. The van der Waals surface area contributed by atoms with Crippen molar-refractivity contribution in [3.05, 3.63) is 52.6 Å². The lowest BCUT2D eigenvalue weighted by Crippen LogP contribution is -2.14. The molecule has 0 saturated carbocycles. The number of nitrogens with one attached hydrogen (secondary N) is 1. The summed E-state index contributed by atoms with van der Waals surface area (Å²) < 4.78 is 1.45. The fourth-order valence-electron chi connectivity index (χ4n) is 1.35. The van der Waals surface area contributed by atoms with Gasteiger partial charge in [-0.05, 0) is 5.56 Å². The molecule has 0 spiro atoms. The van der Waals surface area contributed by atoms with E-state index >= 15 is 0 Å². The SMILES string of the molecule is O=c1[nH]c(O)cn1CSCc1ccccc1. The maximum atomic E-state index is 11.2. The second-order valence-corrected chi connectivity index (χ2v) is 4.33. The number of hydrogen-bond donors (Lipinski definition) is 2. The maximum Gasteiger partial charge on any atom is 0.329 e. The molecule has 0 amide bonds. The molecule has 0 aliphatic rings. The summed E-state index contributed by atoms with van der Waals surface area (Å²) in [6.45, 7) is 0. The van der Waals surface area contributed by atoms with Crippen molar-refractivity contribution in [3.8, 4) is 5.88 Å². The number of imidazole rings is 1. The fourth-order valence-corrected chi connectivity index (χ4v) is 2.26. The maximum absolute atomic E-state index is 11.2. The highest BCUT2D eigenvalue weighted by Gasteiger charge is 2.00. The van der Waals surface area contributed by atoms with Crippen LogP contribution in [0.1, 0.15) is 5.56 Å². The zero-order valence-electron chi connectivity index (χ0n) is 8.59. The quantitative estimate of drug-likeness (QED) is 0.850. The van der Waals surface area contributed by atoms with Gasteiger partial charge in [-0.15, -0.1) is 11.8 Å². The van der Waals surface area contributed by atoms with Crippen molar-refractivity contribution in [1.29, 1.82) is 0 Å². The molecule has 4 nitrogen and oxygen atoms in total. The summed E-state index contributed by atoms with van der Waals surface area (Å²) in [6, 6.07) is 10.0. The Balaban J connectivity index is 1.89. The molecule has 0 saturated heterocycles. The Hall–Kier alpha value is -1.62. The number of hydrogen-bond acceptors (Lipinski definition) is 3. The van der Waals surface area contributed by atoms with Crippen molar-refractivity contribution in [2.75, 3.05) is 0 Å². The lowest BCUT2D eigenvalue weighted by atomic mass is 10.2. The molecule has 0 aliphatic heterocycles. The first-order valence-electron chi connectivity index (χ1n) is 4.86. The van der Waals surface area contributed by atoms with Crippen LogP contribution in [0.2, 0.25) is 0 Å². The van der Waals surface area contributed by atoms with Crippen LogP contribution in [0.3, 0.4) is 0 Å². The zero-order chi connectivity index (χ0) is 11.4. The van der Waals surface area contributed by atoms with Crippen LogP contribution in [-0.4, -0.2) is 14.7 Å². The highest BCUT2D eigenvalue weighted by molar-refractivity contribution is 7.97. The normalized spacial score (nSPS) is 10.5. The summed E-state index contributed by atoms with van der Waals surface area (Å²) in [6.07, 6.45) is 1.40. The van der Waals surface area contributed by atoms with Gasteiger partial charge in [0.05, 0.1) is 12.1 Å². The van der Waals surface area contributed by atoms with E-state index in [4.69, 9.17) is 5.11 Å². The first-order valence-corrected chi connectivity index (χ1v) is 6.01. The molecule has 16 heavy (non-hydrogen) atoms. The summed E-state index contributed by atoms with van der Waals surface area (Å²) in [5, 5.41) is 9.06. The molecule has 1 aromatic heterocycles. The highest BCUT2D eigenvalue weighted by atomic mass is 32.2. The van der Waals surface area contributed by atoms with Crippen molar-refractivity contribution in [1.82, 2.24) is 9.55 Å². The van der Waals surface area contributed by atoms with Crippen molar-refractivity contribution >= 4 is 11.8 Å². The summed E-state index contributed by atoms with van der Waals surface area (Å²) in [5.74, 6) is 1.29. The number of rotatable bonds is 4. The van der Waals surface area contributed by atoms with Crippen LogP contribution in [0.5, 0.6) is 5.88 Å². The van der Waals surface area contributed by atoms with Crippen molar-refractivity contribution in [3.63, 3.8) is 0 Å². The number of thioether (sulfide) groups is 1. The lowest BCUT2D eigenvalue weighted by molar-refractivity contribution is 0.455. The second-order valence-electron chi connectivity index (χ2n) is 3.38. The van der Waals surface area contributed by atoms with E-state index < -0.39 is 0 Å². The Kier molecular flexibility index (Phi) is 3.36. The Morgan fingerprint density at radius 3 is 2.69 bits per heavy atom. The molecule has 0 bridgehead atoms. The summed E-state index contributed by atoms with van der Waals surface area (Å²) in [5.41, 5.74) is 0.943. The van der Waals surface area contributed by atoms with Crippen molar-refractivity contribution in [2.24, 2.45) is 0 Å². The monoisotopic (exact) mass is 236 g/mol. The van der Waals surface area contributed by atoms with Gasteiger partial charge in [0, 0.05) is 5.75 Å². The zero-order valence-corrected chi connectivity index (χ0v) is 9.41. The van der Waals surface area contributed by atoms with Gasteiger partial charge in [0.1, 0.15) is 0 Å². The molecular formula is C11H12N2O2S. The van der Waals surface area contributed by atoms with Gasteiger partial charge in [-0.3, -0.25) is 9.55 Å². The van der Waals surface area contributed by atoms with Gasteiger partial charge in [0.2, 0.25) is 5.88 Å². The first-order chi connectivity index (χ1) is 7.75. The topological polar surface area (TPSA) is 58.0 Å². The molecule has 0 fully saturated rings. The molecule has 2 aromatic rings. The average molecular weight is 236 g/mol. The molecule has 1 heterocycles. The van der Waals surface area contributed by atoms with E-state index in [1.54, 1.807) is 11.8 Å². The molecule has 0 radical (unpaired) electrons. The molecular weight excluding hydrogens is 224 g/mol. The van der Waals surface area contributed by atoms with Crippen LogP contribution in [0.4, 0.5) is 0 Å². The van der Waals surface area contributed by atoms with E-state index in [0.29, 0.717) is 5.88 Å². The molecule has 0 unspecified atom stereocenters. The van der Waals surface area contributed by atoms with Gasteiger partial charge in [0.15, 0.2) is 0 Å². The molecule has 0 aliphatic carbocycles. The minimum atomic E-state index is -0.280. The van der Waals surface area contributed by atoms with Crippen molar-refractivity contribution in [2.45, 2.75) is 11.6 Å². The van der Waals surface area contributed by atoms with Gasteiger partial charge >= 0.3 is 5.69 Å². The second kappa shape index (κ2) is 4.94. The van der Waals surface area contributed by atoms with Crippen molar-refractivity contribution < 1.29 is 5.11 Å². The minimum absolute atomic E-state index is 0.0923. The largest absolute Gasteiger partial charge is 0.493 e. The lowest BCUT2D eigenvalue weighted by Gasteiger charge is -2.01. The third kappa shape index (κ3) is 2.70. The number of nitrogens with zero attached hydrogens (tertiary/aromatic N) is 1. The number of aromatic amines is 1. The molecule has 0 atom stereocenters. The van der Waals surface area contributed by atoms with Crippen LogP contribution in [0.25, 0.3) is 0 Å². The van der Waals surface area contributed by atoms with Crippen LogP contribution in [-0.2, 0) is 11.6 Å².